The molecule has 0 radical (unpaired) electrons. The minimum atomic E-state index is -0.397. The number of carbonyl (C=O) groups excluding carboxylic acids is 2. The van der Waals surface area contributed by atoms with Crippen LogP contribution in [0.5, 0.6) is 0 Å². The van der Waals surface area contributed by atoms with Crippen molar-refractivity contribution >= 4 is 17.5 Å². The van der Waals surface area contributed by atoms with E-state index in [1.165, 1.54) is 0 Å². The lowest BCUT2D eigenvalue weighted by molar-refractivity contribution is -0.119. The zero-order chi connectivity index (χ0) is 14.1. The van der Waals surface area contributed by atoms with Crippen molar-refractivity contribution in [1.82, 2.24) is 5.32 Å². The summed E-state index contributed by atoms with van der Waals surface area (Å²) in [5.41, 5.74) is 7.95. The molecule has 5 nitrogen and oxygen atoms in total. The molecule has 2 amide bonds. The number of benzene rings is 1. The second-order valence-electron chi connectivity index (χ2n) is 5.53. The highest BCUT2D eigenvalue weighted by atomic mass is 16.2. The minimum absolute atomic E-state index is 0.0600. The molecule has 0 spiro atoms. The molecule has 106 valence electrons. The van der Waals surface area contributed by atoms with Gasteiger partial charge in [0, 0.05) is 23.8 Å². The van der Waals surface area contributed by atoms with E-state index in [1.807, 2.05) is 17.0 Å². The Labute approximate surface area is 118 Å². The minimum Gasteiger partial charge on any atom is -0.366 e. The van der Waals surface area contributed by atoms with E-state index in [2.05, 4.69) is 5.32 Å². The summed E-state index contributed by atoms with van der Waals surface area (Å²) in [5, 5.41) is 3.00. The number of nitrogens with two attached hydrogens (primary N) is 1. The molecule has 3 N–H and O–H groups in total. The van der Waals surface area contributed by atoms with Crippen molar-refractivity contribution in [3.8, 4) is 0 Å². The molecule has 1 aromatic carbocycles. The summed E-state index contributed by atoms with van der Waals surface area (Å²) in [4.78, 5) is 25.5. The lowest BCUT2D eigenvalue weighted by atomic mass is 9.96. The zero-order valence-electron chi connectivity index (χ0n) is 11.4. The van der Waals surface area contributed by atoms with E-state index in [1.54, 1.807) is 6.07 Å². The molecular weight excluding hydrogens is 254 g/mol. The molecule has 0 aromatic heterocycles. The first-order chi connectivity index (χ1) is 9.65. The molecular formula is C15H19N3O2. The van der Waals surface area contributed by atoms with Gasteiger partial charge in [-0.25, -0.2) is 0 Å². The number of anilines is 1. The maximum absolute atomic E-state index is 11.9. The number of nitrogens with zero attached hydrogens (tertiary/aromatic N) is 1. The van der Waals surface area contributed by atoms with Crippen LogP contribution in [-0.2, 0) is 11.2 Å². The predicted molar refractivity (Wildman–Crippen MR) is 76.7 cm³/mol. The maximum Gasteiger partial charge on any atom is 0.249 e. The topological polar surface area (TPSA) is 75.4 Å². The third-order valence-electron chi connectivity index (χ3n) is 3.89. The third-order valence-corrected chi connectivity index (χ3v) is 3.89. The van der Waals surface area contributed by atoms with Crippen LogP contribution in [0, 0.1) is 0 Å². The Morgan fingerprint density at radius 3 is 2.85 bits per heavy atom. The molecule has 5 heteroatoms. The number of hydrogen-bond acceptors (Lipinski definition) is 3. The van der Waals surface area contributed by atoms with E-state index in [0.29, 0.717) is 18.2 Å². The predicted octanol–water partition coefficient (Wildman–Crippen LogP) is 0.817. The molecule has 1 heterocycles. The van der Waals surface area contributed by atoms with Gasteiger partial charge in [-0.1, -0.05) is 6.07 Å². The van der Waals surface area contributed by atoms with Crippen molar-refractivity contribution in [1.29, 1.82) is 0 Å². The van der Waals surface area contributed by atoms with Gasteiger partial charge in [0.15, 0.2) is 0 Å². The van der Waals surface area contributed by atoms with Crippen LogP contribution in [0.4, 0.5) is 5.69 Å². The number of hydrogen-bond donors (Lipinski definition) is 2. The highest BCUT2D eigenvalue weighted by Crippen LogP contribution is 2.29. The van der Waals surface area contributed by atoms with Gasteiger partial charge in [-0.2, -0.15) is 0 Å². The molecule has 0 bridgehead atoms. The van der Waals surface area contributed by atoms with Crippen molar-refractivity contribution in [2.24, 2.45) is 5.73 Å². The SMILES string of the molecule is NC(=O)c1cccc2c1CCCN2CC(=O)NC1CC1. The fourth-order valence-electron chi connectivity index (χ4n) is 2.77. The van der Waals surface area contributed by atoms with Crippen LogP contribution in [0.2, 0.25) is 0 Å². The molecule has 0 saturated heterocycles. The first kappa shape index (κ1) is 13.0. The van der Waals surface area contributed by atoms with Crippen molar-refractivity contribution in [3.05, 3.63) is 29.3 Å². The van der Waals surface area contributed by atoms with Crippen molar-refractivity contribution in [2.45, 2.75) is 31.7 Å². The molecule has 2 aliphatic rings. The number of nitrogens with one attached hydrogen (secondary N) is 1. The molecule has 1 aliphatic heterocycles. The maximum atomic E-state index is 11.9. The lowest BCUT2D eigenvalue weighted by Gasteiger charge is -2.31. The number of primary amides is 1. The Morgan fingerprint density at radius 2 is 2.15 bits per heavy atom. The summed E-state index contributed by atoms with van der Waals surface area (Å²) in [6.45, 7) is 1.19. The van der Waals surface area contributed by atoms with E-state index in [4.69, 9.17) is 5.73 Å². The number of amides is 2. The van der Waals surface area contributed by atoms with Crippen LogP contribution in [0.15, 0.2) is 18.2 Å². The van der Waals surface area contributed by atoms with Crippen LogP contribution in [0.25, 0.3) is 0 Å². The van der Waals surface area contributed by atoms with Crippen LogP contribution >= 0.6 is 0 Å². The van der Waals surface area contributed by atoms with Crippen molar-refractivity contribution in [3.63, 3.8) is 0 Å². The Bertz CT molecular complexity index is 552. The number of fused-ring (bicyclic) bond motifs is 1. The molecule has 3 rings (SSSR count). The first-order valence-electron chi connectivity index (χ1n) is 7.11. The Hall–Kier alpha value is -2.04. The quantitative estimate of drug-likeness (QED) is 0.852. The van der Waals surface area contributed by atoms with Gasteiger partial charge in [-0.3, -0.25) is 9.59 Å². The van der Waals surface area contributed by atoms with Gasteiger partial charge in [0.25, 0.3) is 0 Å². The molecule has 1 saturated carbocycles. The average Bonchev–Trinajstić information content (AvgIpc) is 3.22. The highest BCUT2D eigenvalue weighted by molar-refractivity contribution is 5.96. The fourth-order valence-corrected chi connectivity index (χ4v) is 2.77. The standard InChI is InChI=1S/C15H19N3O2/c16-15(20)12-3-1-5-13-11(12)4-2-8-18(13)9-14(19)17-10-6-7-10/h1,3,5,10H,2,4,6-9H2,(H2,16,20)(H,17,19). The van der Waals surface area contributed by atoms with Gasteiger partial charge in [-0.05, 0) is 43.4 Å². The molecule has 0 unspecified atom stereocenters. The van der Waals surface area contributed by atoms with Gasteiger partial charge in [0.05, 0.1) is 6.54 Å². The largest absolute Gasteiger partial charge is 0.366 e. The first-order valence-corrected chi connectivity index (χ1v) is 7.11. The van der Waals surface area contributed by atoms with Gasteiger partial charge in [-0.15, -0.1) is 0 Å². The molecule has 0 atom stereocenters. The summed E-state index contributed by atoms with van der Waals surface area (Å²) < 4.78 is 0. The number of rotatable bonds is 4. The van der Waals surface area contributed by atoms with E-state index in [9.17, 15) is 9.59 Å². The zero-order valence-corrected chi connectivity index (χ0v) is 11.4. The second-order valence-corrected chi connectivity index (χ2v) is 5.53. The Kier molecular flexibility index (Phi) is 3.34. The summed E-state index contributed by atoms with van der Waals surface area (Å²) in [6.07, 6.45) is 3.96. The van der Waals surface area contributed by atoms with E-state index in [0.717, 1.165) is 43.5 Å². The van der Waals surface area contributed by atoms with Crippen molar-refractivity contribution in [2.75, 3.05) is 18.0 Å². The summed E-state index contributed by atoms with van der Waals surface area (Å²) in [7, 11) is 0. The summed E-state index contributed by atoms with van der Waals surface area (Å²) in [6, 6.07) is 5.93. The normalized spacial score (nSPS) is 17.5. The van der Waals surface area contributed by atoms with E-state index >= 15 is 0 Å². The highest BCUT2D eigenvalue weighted by Gasteiger charge is 2.26. The lowest BCUT2D eigenvalue weighted by Crippen LogP contribution is -2.40. The smallest absolute Gasteiger partial charge is 0.249 e. The van der Waals surface area contributed by atoms with Crippen LogP contribution in [0.1, 0.15) is 35.2 Å². The monoisotopic (exact) mass is 273 g/mol. The van der Waals surface area contributed by atoms with Gasteiger partial charge in [0.1, 0.15) is 0 Å². The molecule has 1 aromatic rings. The van der Waals surface area contributed by atoms with Crippen LogP contribution < -0.4 is 16.0 Å². The molecule has 1 fully saturated rings. The average molecular weight is 273 g/mol. The Morgan fingerprint density at radius 1 is 1.35 bits per heavy atom. The van der Waals surface area contributed by atoms with Gasteiger partial charge in [0.2, 0.25) is 11.8 Å². The van der Waals surface area contributed by atoms with Gasteiger partial charge < -0.3 is 16.0 Å². The van der Waals surface area contributed by atoms with Gasteiger partial charge >= 0.3 is 0 Å². The van der Waals surface area contributed by atoms with Crippen molar-refractivity contribution < 1.29 is 9.59 Å². The third kappa shape index (κ3) is 2.61. The summed E-state index contributed by atoms with van der Waals surface area (Å²) in [5.74, 6) is -0.337. The molecule has 20 heavy (non-hydrogen) atoms. The van der Waals surface area contributed by atoms with E-state index in [-0.39, 0.29) is 5.91 Å². The number of carbonyl (C=O) groups is 2. The van der Waals surface area contributed by atoms with E-state index < -0.39 is 5.91 Å². The molecule has 1 aliphatic carbocycles. The second kappa shape index (κ2) is 5.15. The summed E-state index contributed by atoms with van der Waals surface area (Å²) >= 11 is 0. The fraction of sp³-hybridized carbons (Fsp3) is 0.467. The Balaban J connectivity index is 1.80. The van der Waals surface area contributed by atoms with Crippen LogP contribution in [0.3, 0.4) is 0 Å². The van der Waals surface area contributed by atoms with Crippen LogP contribution in [-0.4, -0.2) is 30.9 Å².